The summed E-state index contributed by atoms with van der Waals surface area (Å²) in [5.74, 6) is -0.406. The molecule has 2 aromatic carbocycles. The molecule has 1 aliphatic rings. The van der Waals surface area contributed by atoms with Crippen molar-refractivity contribution in [1.29, 1.82) is 0 Å². The van der Waals surface area contributed by atoms with Crippen LogP contribution in [0.25, 0.3) is 0 Å². The van der Waals surface area contributed by atoms with E-state index in [0.717, 1.165) is 11.3 Å². The van der Waals surface area contributed by atoms with Crippen LogP contribution >= 0.6 is 0 Å². The van der Waals surface area contributed by atoms with Crippen LogP contribution in [0.4, 0.5) is 0 Å². The summed E-state index contributed by atoms with van der Waals surface area (Å²) in [5, 5.41) is 0.0298. The molecular formula is C31H46O7Si. The van der Waals surface area contributed by atoms with Crippen molar-refractivity contribution in [1.82, 2.24) is 0 Å². The minimum absolute atomic E-state index is 0.0298. The smallest absolute Gasteiger partial charge is 0.338 e. The Morgan fingerprint density at radius 2 is 1.67 bits per heavy atom. The van der Waals surface area contributed by atoms with Crippen LogP contribution in [0.15, 0.2) is 54.6 Å². The van der Waals surface area contributed by atoms with Crippen LogP contribution in [0.5, 0.6) is 5.75 Å². The maximum Gasteiger partial charge on any atom is 0.338 e. The maximum atomic E-state index is 12.7. The Kier molecular flexibility index (Phi) is 10.0. The molecule has 0 aromatic heterocycles. The van der Waals surface area contributed by atoms with Gasteiger partial charge in [0, 0.05) is 6.42 Å². The minimum atomic E-state index is -2.12. The van der Waals surface area contributed by atoms with Gasteiger partial charge in [-0.2, -0.15) is 0 Å². The lowest BCUT2D eigenvalue weighted by Crippen LogP contribution is -2.49. The molecule has 8 heteroatoms. The molecule has 2 aromatic rings. The van der Waals surface area contributed by atoms with E-state index in [0.29, 0.717) is 25.2 Å². The summed E-state index contributed by atoms with van der Waals surface area (Å²) in [5.41, 5.74) is 0.710. The molecule has 39 heavy (non-hydrogen) atoms. The third kappa shape index (κ3) is 8.62. The summed E-state index contributed by atoms with van der Waals surface area (Å²) in [7, 11) is -0.469. The number of benzene rings is 2. The van der Waals surface area contributed by atoms with Gasteiger partial charge in [0.25, 0.3) is 0 Å². The molecule has 7 nitrogen and oxygen atoms in total. The number of methoxy groups -OCH3 is 1. The first-order valence-electron chi connectivity index (χ1n) is 13.6. The molecule has 1 saturated heterocycles. The molecule has 3 atom stereocenters. The molecular weight excluding hydrogens is 512 g/mol. The average Bonchev–Trinajstić information content (AvgIpc) is 3.10. The van der Waals surface area contributed by atoms with Crippen LogP contribution in [-0.4, -0.2) is 58.2 Å². The van der Waals surface area contributed by atoms with Gasteiger partial charge in [-0.05, 0) is 68.7 Å². The minimum Gasteiger partial charge on any atom is -0.497 e. The van der Waals surface area contributed by atoms with Gasteiger partial charge < -0.3 is 28.1 Å². The van der Waals surface area contributed by atoms with Crippen molar-refractivity contribution in [3.63, 3.8) is 0 Å². The molecule has 0 N–H and O–H groups in total. The predicted molar refractivity (Wildman–Crippen MR) is 155 cm³/mol. The van der Waals surface area contributed by atoms with E-state index in [2.05, 4.69) is 33.9 Å². The molecule has 0 radical (unpaired) electrons. The van der Waals surface area contributed by atoms with E-state index < -0.39 is 19.7 Å². The number of carbonyl (C=O) groups excluding carboxylic acids is 1. The highest BCUT2D eigenvalue weighted by Gasteiger charge is 2.52. The molecule has 1 fully saturated rings. The zero-order chi connectivity index (χ0) is 28.9. The second kappa shape index (κ2) is 12.5. The molecule has 0 unspecified atom stereocenters. The highest BCUT2D eigenvalue weighted by molar-refractivity contribution is 6.74. The van der Waals surface area contributed by atoms with E-state index in [1.807, 2.05) is 63.2 Å². The number of rotatable bonds is 12. The second-order valence-electron chi connectivity index (χ2n) is 12.5. The van der Waals surface area contributed by atoms with Crippen molar-refractivity contribution in [3.05, 3.63) is 65.7 Å². The molecule has 0 saturated carbocycles. The highest BCUT2D eigenvalue weighted by atomic mass is 28.4. The number of hydrogen-bond donors (Lipinski definition) is 0. The van der Waals surface area contributed by atoms with Crippen LogP contribution < -0.4 is 4.74 Å². The number of hydrogen-bond acceptors (Lipinski definition) is 7. The van der Waals surface area contributed by atoms with Gasteiger partial charge in [0.05, 0.1) is 38.1 Å². The highest BCUT2D eigenvalue weighted by Crippen LogP contribution is 2.42. The first kappa shape index (κ1) is 31.3. The fourth-order valence-corrected chi connectivity index (χ4v) is 5.77. The Labute approximate surface area is 235 Å². The topological polar surface area (TPSA) is 72.5 Å². The molecule has 0 aliphatic carbocycles. The van der Waals surface area contributed by atoms with Gasteiger partial charge in [-0.1, -0.05) is 51.1 Å². The lowest BCUT2D eigenvalue weighted by atomic mass is 9.95. The molecule has 1 aliphatic heterocycles. The summed E-state index contributed by atoms with van der Waals surface area (Å²) in [6, 6.07) is 16.8. The Morgan fingerprint density at radius 3 is 2.26 bits per heavy atom. The van der Waals surface area contributed by atoms with E-state index in [-0.39, 0.29) is 29.8 Å². The van der Waals surface area contributed by atoms with Gasteiger partial charge in [0.1, 0.15) is 18.0 Å². The van der Waals surface area contributed by atoms with Crippen molar-refractivity contribution in [2.75, 3.05) is 20.3 Å². The molecule has 3 rings (SSSR count). The normalized spacial score (nSPS) is 21.9. The lowest BCUT2D eigenvalue weighted by molar-refractivity contribution is -0.167. The van der Waals surface area contributed by atoms with Gasteiger partial charge in [-0.3, -0.25) is 0 Å². The fourth-order valence-electron chi connectivity index (χ4n) is 4.42. The SMILES string of the molecule is COc1ccc(COC[C@@H](C[C@H]2OC(C)(C)O[C@]2(C)COC(=O)c2ccccc2)O[Si](C)(C)C(C)(C)C)cc1. The predicted octanol–water partition coefficient (Wildman–Crippen LogP) is 6.76. The molecule has 0 amide bonds. The Morgan fingerprint density at radius 1 is 1.03 bits per heavy atom. The van der Waals surface area contributed by atoms with Crippen LogP contribution in [-0.2, 0) is 30.0 Å². The van der Waals surface area contributed by atoms with Crippen LogP contribution in [0.3, 0.4) is 0 Å². The third-order valence-corrected chi connectivity index (χ3v) is 12.1. The maximum absolute atomic E-state index is 12.7. The van der Waals surface area contributed by atoms with Crippen LogP contribution in [0.1, 0.15) is 63.9 Å². The van der Waals surface area contributed by atoms with Crippen LogP contribution in [0.2, 0.25) is 18.1 Å². The third-order valence-electron chi connectivity index (χ3n) is 7.56. The lowest BCUT2D eigenvalue weighted by Gasteiger charge is -2.40. The summed E-state index contributed by atoms with van der Waals surface area (Å²) in [6.45, 7) is 17.8. The fraction of sp³-hybridized carbons (Fsp3) is 0.581. The molecule has 0 spiro atoms. The Balaban J connectivity index is 1.73. The number of carbonyl (C=O) groups is 1. The number of ether oxygens (including phenoxy) is 5. The van der Waals surface area contributed by atoms with Crippen molar-refractivity contribution in [2.24, 2.45) is 0 Å². The standard InChI is InChI=1S/C31H46O7Si/c1-29(2,3)39(8,9)37-26(21-34-20-23-15-17-25(33-7)18-16-23)19-27-31(6,38-30(4,5)36-27)22-35-28(32)24-13-11-10-12-14-24/h10-18,26-27H,19-22H2,1-9H3/t26-,27-,31-/m1/s1. The van der Waals surface area contributed by atoms with E-state index in [9.17, 15) is 4.79 Å². The van der Waals surface area contributed by atoms with Crippen molar-refractivity contribution < 1.29 is 32.9 Å². The summed E-state index contributed by atoms with van der Waals surface area (Å²) in [6.07, 6.45) is -0.0518. The van der Waals surface area contributed by atoms with Gasteiger partial charge in [0.2, 0.25) is 0 Å². The zero-order valence-electron chi connectivity index (χ0n) is 25.0. The monoisotopic (exact) mass is 558 g/mol. The Hall–Kier alpha value is -2.23. The average molecular weight is 559 g/mol. The zero-order valence-corrected chi connectivity index (χ0v) is 26.0. The molecule has 1 heterocycles. The van der Waals surface area contributed by atoms with E-state index in [1.165, 1.54) is 0 Å². The van der Waals surface area contributed by atoms with Crippen molar-refractivity contribution in [2.45, 2.75) is 96.3 Å². The number of esters is 1. The second-order valence-corrected chi connectivity index (χ2v) is 17.2. The largest absolute Gasteiger partial charge is 0.497 e. The van der Waals surface area contributed by atoms with Gasteiger partial charge >= 0.3 is 5.97 Å². The van der Waals surface area contributed by atoms with Gasteiger partial charge in [0.15, 0.2) is 14.1 Å². The molecule has 216 valence electrons. The summed E-state index contributed by atoms with van der Waals surface area (Å²) in [4.78, 5) is 12.7. The Bertz CT molecular complexity index is 1060. The van der Waals surface area contributed by atoms with E-state index >= 15 is 0 Å². The summed E-state index contributed by atoms with van der Waals surface area (Å²) < 4.78 is 36.7. The quantitative estimate of drug-likeness (QED) is 0.210. The molecule has 0 bridgehead atoms. The van der Waals surface area contributed by atoms with E-state index in [1.54, 1.807) is 19.2 Å². The van der Waals surface area contributed by atoms with Gasteiger partial charge in [-0.25, -0.2) is 4.79 Å². The van der Waals surface area contributed by atoms with Crippen LogP contribution in [0, 0.1) is 0 Å². The first-order chi connectivity index (χ1) is 18.1. The van der Waals surface area contributed by atoms with Crippen molar-refractivity contribution in [3.8, 4) is 5.75 Å². The summed E-state index contributed by atoms with van der Waals surface area (Å²) >= 11 is 0. The van der Waals surface area contributed by atoms with Crippen molar-refractivity contribution >= 4 is 14.3 Å². The van der Waals surface area contributed by atoms with Gasteiger partial charge in [-0.15, -0.1) is 0 Å². The first-order valence-corrected chi connectivity index (χ1v) is 16.5. The van der Waals surface area contributed by atoms with E-state index in [4.69, 9.17) is 28.1 Å².